The molecule has 0 N–H and O–H groups in total. The molecule has 4 nitrogen and oxygen atoms in total. The maximum absolute atomic E-state index is 5.90. The lowest BCUT2D eigenvalue weighted by molar-refractivity contribution is 0.120. The minimum atomic E-state index is 0.731. The molecule has 116 valence electrons. The molecule has 1 fully saturated rings. The summed E-state index contributed by atoms with van der Waals surface area (Å²) in [5.41, 5.74) is 2.05. The molecule has 22 heavy (non-hydrogen) atoms. The number of halogens is 2. The maximum Gasteiger partial charge on any atom is 0.210 e. The number of nitrogens with zero attached hydrogens (tertiary/aromatic N) is 2. The molecule has 0 saturated carbocycles. The lowest BCUT2D eigenvalue weighted by Gasteiger charge is -2.26. The molecule has 6 heteroatoms. The molecule has 0 unspecified atom stereocenters. The Hall–Kier alpha value is -1.11. The first-order valence-electron chi connectivity index (χ1n) is 7.06. The Morgan fingerprint density at radius 3 is 2.68 bits per heavy atom. The smallest absolute Gasteiger partial charge is 0.210 e. The van der Waals surface area contributed by atoms with E-state index in [0.29, 0.717) is 0 Å². The van der Waals surface area contributed by atoms with Crippen LogP contribution in [0.3, 0.4) is 0 Å². The zero-order chi connectivity index (χ0) is 15.5. The number of hydrogen-bond donors (Lipinski definition) is 0. The highest BCUT2D eigenvalue weighted by atomic mass is 79.9. The van der Waals surface area contributed by atoms with Gasteiger partial charge in [0, 0.05) is 23.6 Å². The van der Waals surface area contributed by atoms with E-state index in [1.807, 2.05) is 31.2 Å². The van der Waals surface area contributed by atoms with Crippen LogP contribution in [0.2, 0.25) is 0 Å². The molecule has 0 aliphatic carbocycles. The average Bonchev–Trinajstić information content (AvgIpc) is 2.88. The number of furan rings is 1. The van der Waals surface area contributed by atoms with Gasteiger partial charge in [0.25, 0.3) is 0 Å². The van der Waals surface area contributed by atoms with Crippen molar-refractivity contribution in [1.82, 2.24) is 0 Å². The Morgan fingerprint density at radius 1 is 1.18 bits per heavy atom. The van der Waals surface area contributed by atoms with Crippen LogP contribution < -0.4 is 4.90 Å². The zero-order valence-corrected chi connectivity index (χ0v) is 15.4. The molecule has 2 aromatic rings. The third kappa shape index (κ3) is 3.62. The van der Waals surface area contributed by atoms with Crippen LogP contribution in [0.15, 0.2) is 42.6 Å². The highest BCUT2D eigenvalue weighted by Crippen LogP contribution is 2.30. The summed E-state index contributed by atoms with van der Waals surface area (Å²) in [4.78, 5) is 6.69. The van der Waals surface area contributed by atoms with Gasteiger partial charge in [0.05, 0.1) is 29.6 Å². The van der Waals surface area contributed by atoms with E-state index in [1.165, 1.54) is 0 Å². The number of morpholine rings is 1. The number of hydrogen-bond acceptors (Lipinski definition) is 4. The van der Waals surface area contributed by atoms with Crippen molar-refractivity contribution in [3.8, 4) is 0 Å². The first-order chi connectivity index (χ1) is 10.6. The fraction of sp³-hybridized carbons (Fsp3) is 0.312. The summed E-state index contributed by atoms with van der Waals surface area (Å²) in [6.07, 6.45) is 1.75. The molecule has 0 radical (unpaired) electrons. The van der Waals surface area contributed by atoms with Gasteiger partial charge in [0.15, 0.2) is 0 Å². The van der Waals surface area contributed by atoms with Crippen molar-refractivity contribution >= 4 is 49.6 Å². The van der Waals surface area contributed by atoms with E-state index < -0.39 is 0 Å². The fourth-order valence-electron chi connectivity index (χ4n) is 2.32. The van der Waals surface area contributed by atoms with Gasteiger partial charge < -0.3 is 14.1 Å². The minimum Gasteiger partial charge on any atom is -0.438 e. The number of rotatable bonds is 3. The molecule has 1 aliphatic rings. The van der Waals surface area contributed by atoms with Crippen molar-refractivity contribution in [2.45, 2.75) is 6.92 Å². The molecule has 0 bridgehead atoms. The summed E-state index contributed by atoms with van der Waals surface area (Å²) >= 11 is 7.02. The standard InChI is InChI=1S/C16H16Br2N2O2/c1-11-8-12(17)2-3-15(11)19-10-13-9-14(18)16(22-13)20-4-6-21-7-5-20/h2-3,8-10H,4-7H2,1H3. The van der Waals surface area contributed by atoms with Crippen LogP contribution in [0.4, 0.5) is 11.6 Å². The Labute approximate surface area is 146 Å². The van der Waals surface area contributed by atoms with Crippen LogP contribution in [0.5, 0.6) is 0 Å². The van der Waals surface area contributed by atoms with E-state index in [9.17, 15) is 0 Å². The zero-order valence-electron chi connectivity index (χ0n) is 12.2. The second-order valence-electron chi connectivity index (χ2n) is 5.09. The molecule has 2 heterocycles. The Bertz CT molecular complexity index is 691. The number of aliphatic imine (C=N–C) groups is 1. The Morgan fingerprint density at radius 2 is 1.95 bits per heavy atom. The highest BCUT2D eigenvalue weighted by Gasteiger charge is 2.18. The first kappa shape index (κ1) is 15.8. The quantitative estimate of drug-likeness (QED) is 0.666. The van der Waals surface area contributed by atoms with Gasteiger partial charge in [-0.05, 0) is 46.6 Å². The molecular formula is C16H16Br2N2O2. The Kier molecular flexibility index (Phi) is 5.00. The monoisotopic (exact) mass is 426 g/mol. The Balaban J connectivity index is 1.79. The van der Waals surface area contributed by atoms with Gasteiger partial charge in [-0.1, -0.05) is 15.9 Å². The van der Waals surface area contributed by atoms with Gasteiger partial charge in [-0.25, -0.2) is 0 Å². The van der Waals surface area contributed by atoms with Gasteiger partial charge in [0.1, 0.15) is 5.76 Å². The van der Waals surface area contributed by atoms with Crippen molar-refractivity contribution in [3.05, 3.63) is 44.5 Å². The molecule has 1 aliphatic heterocycles. The van der Waals surface area contributed by atoms with Crippen LogP contribution in [0.1, 0.15) is 11.3 Å². The van der Waals surface area contributed by atoms with Crippen LogP contribution in [-0.4, -0.2) is 32.5 Å². The number of benzene rings is 1. The molecule has 0 spiro atoms. The lowest BCUT2D eigenvalue weighted by Crippen LogP contribution is -2.36. The van der Waals surface area contributed by atoms with E-state index in [2.05, 4.69) is 41.8 Å². The van der Waals surface area contributed by atoms with E-state index in [4.69, 9.17) is 9.15 Å². The summed E-state index contributed by atoms with van der Waals surface area (Å²) in [5, 5.41) is 0. The van der Waals surface area contributed by atoms with Crippen molar-refractivity contribution in [2.24, 2.45) is 4.99 Å². The van der Waals surface area contributed by atoms with Crippen LogP contribution in [0, 0.1) is 6.92 Å². The summed E-state index contributed by atoms with van der Waals surface area (Å²) in [7, 11) is 0. The van der Waals surface area contributed by atoms with Gasteiger partial charge >= 0.3 is 0 Å². The van der Waals surface area contributed by atoms with E-state index in [0.717, 1.165) is 58.1 Å². The highest BCUT2D eigenvalue weighted by molar-refractivity contribution is 9.10. The molecule has 0 amide bonds. The van der Waals surface area contributed by atoms with Gasteiger partial charge in [0.2, 0.25) is 5.88 Å². The SMILES string of the molecule is Cc1cc(Br)ccc1N=Cc1cc(Br)c(N2CCOCC2)o1. The molecule has 0 atom stereocenters. The van der Waals surface area contributed by atoms with Gasteiger partial charge in [-0.2, -0.15) is 0 Å². The number of ether oxygens (including phenoxy) is 1. The lowest BCUT2D eigenvalue weighted by atomic mass is 10.2. The van der Waals surface area contributed by atoms with Crippen molar-refractivity contribution in [3.63, 3.8) is 0 Å². The normalized spacial score (nSPS) is 15.7. The van der Waals surface area contributed by atoms with Crippen LogP contribution in [-0.2, 0) is 4.74 Å². The fourth-order valence-corrected chi connectivity index (χ4v) is 3.35. The second-order valence-corrected chi connectivity index (χ2v) is 6.86. The predicted molar refractivity (Wildman–Crippen MR) is 95.6 cm³/mol. The van der Waals surface area contributed by atoms with Crippen LogP contribution in [0.25, 0.3) is 0 Å². The molecule has 1 aromatic heterocycles. The minimum absolute atomic E-state index is 0.731. The number of anilines is 1. The summed E-state index contributed by atoms with van der Waals surface area (Å²) in [5.74, 6) is 1.58. The van der Waals surface area contributed by atoms with Crippen molar-refractivity contribution < 1.29 is 9.15 Å². The second kappa shape index (κ2) is 6.98. The van der Waals surface area contributed by atoms with Gasteiger partial charge in [-0.15, -0.1) is 0 Å². The molecule has 1 aromatic carbocycles. The van der Waals surface area contributed by atoms with E-state index in [1.54, 1.807) is 6.21 Å². The average molecular weight is 428 g/mol. The van der Waals surface area contributed by atoms with E-state index >= 15 is 0 Å². The van der Waals surface area contributed by atoms with Crippen LogP contribution >= 0.6 is 31.9 Å². The summed E-state index contributed by atoms with van der Waals surface area (Å²) in [6.45, 7) is 5.18. The summed E-state index contributed by atoms with van der Waals surface area (Å²) in [6, 6.07) is 7.96. The third-order valence-corrected chi connectivity index (χ3v) is 4.54. The first-order valence-corrected chi connectivity index (χ1v) is 8.64. The summed E-state index contributed by atoms with van der Waals surface area (Å²) < 4.78 is 13.3. The third-order valence-electron chi connectivity index (χ3n) is 3.48. The van der Waals surface area contributed by atoms with Crippen molar-refractivity contribution in [2.75, 3.05) is 31.2 Å². The van der Waals surface area contributed by atoms with E-state index in [-0.39, 0.29) is 0 Å². The van der Waals surface area contributed by atoms with Gasteiger partial charge in [-0.3, -0.25) is 4.99 Å². The maximum atomic E-state index is 5.90. The number of aryl methyl sites for hydroxylation is 1. The molecule has 1 saturated heterocycles. The predicted octanol–water partition coefficient (Wildman–Crippen LogP) is 4.70. The molecular weight excluding hydrogens is 412 g/mol. The van der Waals surface area contributed by atoms with Crippen molar-refractivity contribution in [1.29, 1.82) is 0 Å². The largest absolute Gasteiger partial charge is 0.438 e. The topological polar surface area (TPSA) is 38.0 Å². The molecule has 3 rings (SSSR count).